The van der Waals surface area contributed by atoms with Crippen molar-refractivity contribution in [3.63, 3.8) is 0 Å². The summed E-state index contributed by atoms with van der Waals surface area (Å²) in [4.78, 5) is 69.6. The minimum atomic E-state index is -0.953. The molecular weight excluding hydrogens is 550 g/mol. The predicted molar refractivity (Wildman–Crippen MR) is 161 cm³/mol. The number of carbonyl (C=O) groups excluding carboxylic acids is 5. The molecule has 2 aromatic carbocycles. The van der Waals surface area contributed by atoms with Gasteiger partial charge in [0, 0.05) is 33.7 Å². The van der Waals surface area contributed by atoms with Crippen molar-refractivity contribution in [1.82, 2.24) is 25.8 Å². The lowest BCUT2D eigenvalue weighted by Crippen LogP contribution is -2.58. The highest BCUT2D eigenvalue weighted by Gasteiger charge is 2.35. The number of ether oxygens (including phenoxy) is 1. The van der Waals surface area contributed by atoms with Gasteiger partial charge in [-0.1, -0.05) is 74.5 Å². The Morgan fingerprint density at radius 1 is 0.953 bits per heavy atom. The molecule has 232 valence electrons. The number of hydrogen-bond donors (Lipinski definition) is 3. The summed E-state index contributed by atoms with van der Waals surface area (Å²) >= 11 is 0. The van der Waals surface area contributed by atoms with Crippen LogP contribution in [-0.4, -0.2) is 91.3 Å². The molecule has 0 aromatic heterocycles. The van der Waals surface area contributed by atoms with E-state index in [1.54, 1.807) is 45.0 Å². The molecule has 0 radical (unpaired) electrons. The lowest BCUT2D eigenvalue weighted by Gasteiger charge is -2.34. The molecule has 0 saturated carbocycles. The molecule has 1 saturated heterocycles. The summed E-state index contributed by atoms with van der Waals surface area (Å²) in [5.74, 6) is -2.57. The van der Waals surface area contributed by atoms with E-state index in [0.717, 1.165) is 5.56 Å². The second-order valence-electron chi connectivity index (χ2n) is 11.1. The molecule has 11 heteroatoms. The number of rotatable bonds is 6. The van der Waals surface area contributed by atoms with Crippen LogP contribution in [0.1, 0.15) is 44.4 Å². The van der Waals surface area contributed by atoms with Gasteiger partial charge in [-0.3, -0.25) is 24.0 Å². The van der Waals surface area contributed by atoms with Crippen LogP contribution >= 0.6 is 0 Å². The number of nitrogens with zero attached hydrogens (tertiary/aromatic N) is 2. The van der Waals surface area contributed by atoms with Crippen molar-refractivity contribution in [2.24, 2.45) is 5.92 Å². The Labute approximate surface area is 253 Å². The van der Waals surface area contributed by atoms with Crippen molar-refractivity contribution in [2.75, 3.05) is 33.8 Å². The summed E-state index contributed by atoms with van der Waals surface area (Å²) in [5.41, 5.74) is 1.50. The molecule has 4 atom stereocenters. The van der Waals surface area contributed by atoms with Gasteiger partial charge >= 0.3 is 0 Å². The second-order valence-corrected chi connectivity index (χ2v) is 11.1. The Bertz CT molecular complexity index is 1260. The van der Waals surface area contributed by atoms with Gasteiger partial charge in [0.15, 0.2) is 6.10 Å². The van der Waals surface area contributed by atoms with Crippen molar-refractivity contribution in [3.05, 3.63) is 71.8 Å². The number of methoxy groups -OCH3 is 1. The zero-order valence-electron chi connectivity index (χ0n) is 25.5. The van der Waals surface area contributed by atoms with Crippen LogP contribution in [0.5, 0.6) is 0 Å². The quantitative estimate of drug-likeness (QED) is 0.464. The van der Waals surface area contributed by atoms with E-state index in [9.17, 15) is 24.0 Å². The van der Waals surface area contributed by atoms with Gasteiger partial charge in [-0.05, 0) is 30.4 Å². The summed E-state index contributed by atoms with van der Waals surface area (Å²) in [6.07, 6.45) is -0.355. The molecule has 1 aliphatic rings. The highest BCUT2D eigenvalue weighted by molar-refractivity contribution is 5.95. The fourth-order valence-corrected chi connectivity index (χ4v) is 5.00. The van der Waals surface area contributed by atoms with Crippen molar-refractivity contribution < 1.29 is 28.7 Å². The van der Waals surface area contributed by atoms with Crippen molar-refractivity contribution >= 4 is 29.5 Å². The van der Waals surface area contributed by atoms with Crippen LogP contribution in [0, 0.1) is 5.92 Å². The van der Waals surface area contributed by atoms with Crippen LogP contribution < -0.4 is 16.0 Å². The minimum absolute atomic E-state index is 0.135. The average molecular weight is 594 g/mol. The zero-order valence-corrected chi connectivity index (χ0v) is 25.5. The third-order valence-electron chi connectivity index (χ3n) is 7.49. The molecule has 5 amide bonds. The molecule has 11 nitrogen and oxygen atoms in total. The highest BCUT2D eigenvalue weighted by atomic mass is 16.5. The van der Waals surface area contributed by atoms with E-state index in [4.69, 9.17) is 4.74 Å². The smallest absolute Gasteiger partial charge is 0.256 e. The number of amides is 5. The van der Waals surface area contributed by atoms with E-state index < -0.39 is 47.9 Å². The van der Waals surface area contributed by atoms with Crippen LogP contribution in [0.15, 0.2) is 60.7 Å². The van der Waals surface area contributed by atoms with Crippen LogP contribution in [0.2, 0.25) is 0 Å². The van der Waals surface area contributed by atoms with Crippen molar-refractivity contribution in [3.8, 4) is 0 Å². The number of nitrogens with one attached hydrogen (secondary N) is 3. The maximum absolute atomic E-state index is 13.8. The zero-order chi connectivity index (χ0) is 31.5. The number of hydrogen-bond acceptors (Lipinski definition) is 6. The van der Waals surface area contributed by atoms with Crippen LogP contribution in [0.3, 0.4) is 0 Å². The third kappa shape index (κ3) is 9.12. The molecule has 1 fully saturated rings. The Balaban J connectivity index is 1.92. The lowest BCUT2D eigenvalue weighted by atomic mass is 10.0. The minimum Gasteiger partial charge on any atom is -0.367 e. The molecule has 2 aromatic rings. The van der Waals surface area contributed by atoms with Gasteiger partial charge in [0.2, 0.25) is 23.6 Å². The first-order valence-electron chi connectivity index (χ1n) is 14.6. The SMILES string of the molecule is CO[C@@H](C(=O)N1CCCNC(=O)[C@H](Cc2ccccc2)NC(=O)CN(C)C(=O)[C@H](C(C)C)NC(=O)[C@H]1C)c1ccccc1. The molecule has 0 unspecified atom stereocenters. The standard InChI is InChI=1S/C32H43N5O6/c1-21(2)27-31(41)36(4)20-26(38)34-25(19-23-13-8-6-9-14-23)30(40)33-17-12-18-37(22(3)29(39)35-27)32(42)28(43-5)24-15-10-7-11-16-24/h6-11,13-16,21-22,25,27-28H,12,17-20H2,1-5H3,(H,33,40)(H,34,38)(H,35,39)/t22-,25+,27+,28-/m1/s1. The molecule has 0 bridgehead atoms. The molecule has 0 aliphatic carbocycles. The summed E-state index contributed by atoms with van der Waals surface area (Å²) in [6, 6.07) is 15.5. The van der Waals surface area contributed by atoms with Gasteiger partial charge in [-0.2, -0.15) is 0 Å². The monoisotopic (exact) mass is 593 g/mol. The summed E-state index contributed by atoms with van der Waals surface area (Å²) in [5, 5.41) is 8.42. The third-order valence-corrected chi connectivity index (χ3v) is 7.49. The van der Waals surface area contributed by atoms with Gasteiger partial charge in [-0.25, -0.2) is 0 Å². The van der Waals surface area contributed by atoms with Gasteiger partial charge in [0.05, 0.1) is 6.54 Å². The summed E-state index contributed by atoms with van der Waals surface area (Å²) in [6.45, 7) is 5.22. The molecule has 0 spiro atoms. The predicted octanol–water partition coefficient (Wildman–Crippen LogP) is 1.44. The number of likely N-dealkylation sites (N-methyl/N-ethyl adjacent to an activating group) is 1. The van der Waals surface area contributed by atoms with E-state index in [2.05, 4.69) is 16.0 Å². The van der Waals surface area contributed by atoms with Crippen molar-refractivity contribution in [1.29, 1.82) is 0 Å². The Hall–Kier alpha value is -4.25. The second kappa shape index (κ2) is 15.8. The number of carbonyl (C=O) groups is 5. The molecule has 1 heterocycles. The van der Waals surface area contributed by atoms with E-state index in [0.29, 0.717) is 12.0 Å². The number of benzene rings is 2. The maximum atomic E-state index is 13.8. The van der Waals surface area contributed by atoms with E-state index in [1.807, 2.05) is 36.4 Å². The molecule has 43 heavy (non-hydrogen) atoms. The average Bonchev–Trinajstić information content (AvgIpc) is 2.99. The first-order valence-corrected chi connectivity index (χ1v) is 14.6. The first-order chi connectivity index (χ1) is 20.5. The van der Waals surface area contributed by atoms with Gasteiger partial charge in [-0.15, -0.1) is 0 Å². The molecule has 3 rings (SSSR count). The molecule has 1 aliphatic heterocycles. The van der Waals surface area contributed by atoms with Gasteiger partial charge < -0.3 is 30.5 Å². The fourth-order valence-electron chi connectivity index (χ4n) is 5.00. The highest BCUT2D eigenvalue weighted by Crippen LogP contribution is 2.21. The fraction of sp³-hybridized carbons (Fsp3) is 0.469. The molecular formula is C32H43N5O6. The first kappa shape index (κ1) is 33.3. The summed E-state index contributed by atoms with van der Waals surface area (Å²) in [7, 11) is 2.91. The normalized spacial score (nSPS) is 22.0. The Morgan fingerprint density at radius 2 is 1.58 bits per heavy atom. The maximum Gasteiger partial charge on any atom is 0.256 e. The van der Waals surface area contributed by atoms with Crippen LogP contribution in [-0.2, 0) is 35.1 Å². The Kier molecular flexibility index (Phi) is 12.2. The largest absolute Gasteiger partial charge is 0.367 e. The van der Waals surface area contributed by atoms with E-state index >= 15 is 0 Å². The Morgan fingerprint density at radius 3 is 2.19 bits per heavy atom. The van der Waals surface area contributed by atoms with Crippen LogP contribution in [0.25, 0.3) is 0 Å². The van der Waals surface area contributed by atoms with Crippen molar-refractivity contribution in [2.45, 2.75) is 57.8 Å². The van der Waals surface area contributed by atoms with Gasteiger partial charge in [0.25, 0.3) is 5.91 Å². The molecule has 3 N–H and O–H groups in total. The van der Waals surface area contributed by atoms with E-state index in [-0.39, 0.29) is 37.9 Å². The van der Waals surface area contributed by atoms with E-state index in [1.165, 1.54) is 24.0 Å². The topological polar surface area (TPSA) is 137 Å². The lowest BCUT2D eigenvalue weighted by molar-refractivity contribution is -0.149. The van der Waals surface area contributed by atoms with Crippen LogP contribution in [0.4, 0.5) is 0 Å². The summed E-state index contributed by atoms with van der Waals surface area (Å²) < 4.78 is 5.57. The van der Waals surface area contributed by atoms with Gasteiger partial charge in [0.1, 0.15) is 18.1 Å².